The van der Waals surface area contributed by atoms with Gasteiger partial charge in [0.2, 0.25) is 0 Å². The normalized spacial score (nSPS) is 41.0. The molecule has 0 aromatic rings. The first kappa shape index (κ1) is 12.2. The Morgan fingerprint density at radius 3 is 2.38 bits per heavy atom. The largest absolute Gasteiger partial charge is 0.311 e. The van der Waals surface area contributed by atoms with E-state index in [9.17, 15) is 0 Å². The molecule has 0 saturated heterocycles. The molecule has 2 rings (SSSR count). The van der Waals surface area contributed by atoms with Crippen LogP contribution in [0.4, 0.5) is 0 Å². The summed E-state index contributed by atoms with van der Waals surface area (Å²) in [7, 11) is 0. The molecule has 0 aliphatic heterocycles. The van der Waals surface area contributed by atoms with Crippen molar-refractivity contribution in [3.05, 3.63) is 12.2 Å². The zero-order valence-electron chi connectivity index (χ0n) is 11.0. The zero-order valence-corrected chi connectivity index (χ0v) is 11.0. The maximum atomic E-state index is 4.13. The van der Waals surface area contributed by atoms with Crippen LogP contribution in [0.15, 0.2) is 12.2 Å². The van der Waals surface area contributed by atoms with Crippen molar-refractivity contribution in [1.82, 2.24) is 5.32 Å². The van der Waals surface area contributed by atoms with E-state index in [-0.39, 0.29) is 0 Å². The van der Waals surface area contributed by atoms with Crippen LogP contribution in [0.25, 0.3) is 0 Å². The summed E-state index contributed by atoms with van der Waals surface area (Å²) >= 11 is 0. The van der Waals surface area contributed by atoms with Gasteiger partial charge in [0.25, 0.3) is 0 Å². The third kappa shape index (κ3) is 2.88. The van der Waals surface area contributed by atoms with Gasteiger partial charge in [-0.15, -0.1) is 0 Å². The van der Waals surface area contributed by atoms with Crippen LogP contribution in [-0.2, 0) is 0 Å². The van der Waals surface area contributed by atoms with E-state index in [2.05, 4.69) is 25.7 Å². The summed E-state index contributed by atoms with van der Waals surface area (Å²) in [5.74, 6) is 1.67. The van der Waals surface area contributed by atoms with Crippen molar-refractivity contribution in [1.29, 1.82) is 0 Å². The molecule has 2 aliphatic rings. The highest BCUT2D eigenvalue weighted by Gasteiger charge is 2.28. The molecule has 2 fully saturated rings. The molecule has 0 amide bonds. The molecule has 2 saturated carbocycles. The van der Waals surface area contributed by atoms with Crippen LogP contribution in [0, 0.1) is 11.8 Å². The van der Waals surface area contributed by atoms with Gasteiger partial charge < -0.3 is 5.32 Å². The fraction of sp³-hybridized carbons (Fsp3) is 0.867. The molecule has 1 N–H and O–H groups in total. The summed E-state index contributed by atoms with van der Waals surface area (Å²) in [6.45, 7) is 8.94. The Hall–Kier alpha value is -0.300. The van der Waals surface area contributed by atoms with Gasteiger partial charge in [-0.2, -0.15) is 0 Å². The van der Waals surface area contributed by atoms with Gasteiger partial charge in [0.05, 0.1) is 0 Å². The van der Waals surface area contributed by atoms with E-state index in [4.69, 9.17) is 0 Å². The number of nitrogens with one attached hydrogen (secondary N) is 1. The Morgan fingerprint density at radius 2 is 1.69 bits per heavy atom. The molecule has 92 valence electrons. The highest BCUT2D eigenvalue weighted by molar-refractivity contribution is 5.03. The average Bonchev–Trinajstić information content (AvgIpc) is 2.25. The highest BCUT2D eigenvalue weighted by Crippen LogP contribution is 2.30. The van der Waals surface area contributed by atoms with E-state index in [1.54, 1.807) is 0 Å². The number of allylic oxidation sites excluding steroid dienone is 1. The minimum Gasteiger partial charge on any atom is -0.311 e. The summed E-state index contributed by atoms with van der Waals surface area (Å²) < 4.78 is 0. The second kappa shape index (κ2) is 5.35. The van der Waals surface area contributed by atoms with Crippen molar-refractivity contribution in [3.8, 4) is 0 Å². The summed E-state index contributed by atoms with van der Waals surface area (Å²) in [6.07, 6.45) is 9.47. The number of rotatable bonds is 2. The second-order valence-corrected chi connectivity index (χ2v) is 6.11. The third-order valence-electron chi connectivity index (χ3n) is 4.65. The van der Waals surface area contributed by atoms with Gasteiger partial charge in [0, 0.05) is 12.1 Å². The van der Waals surface area contributed by atoms with Crippen molar-refractivity contribution in [2.75, 3.05) is 0 Å². The fourth-order valence-electron chi connectivity index (χ4n) is 3.43. The molecule has 0 aromatic heterocycles. The number of hydrogen-bond acceptors (Lipinski definition) is 1. The maximum absolute atomic E-state index is 4.13. The molecular weight excluding hydrogens is 194 g/mol. The fourth-order valence-corrected chi connectivity index (χ4v) is 3.43. The van der Waals surface area contributed by atoms with Crippen LogP contribution in [-0.4, -0.2) is 12.1 Å². The molecule has 1 nitrogen and oxygen atoms in total. The lowest BCUT2D eigenvalue weighted by molar-refractivity contribution is 0.215. The molecule has 0 heterocycles. The molecule has 16 heavy (non-hydrogen) atoms. The lowest BCUT2D eigenvalue weighted by Crippen LogP contribution is -2.47. The van der Waals surface area contributed by atoms with E-state index in [1.165, 1.54) is 50.5 Å². The van der Waals surface area contributed by atoms with E-state index in [1.807, 2.05) is 0 Å². The minimum absolute atomic E-state index is 0.746. The Kier molecular flexibility index (Phi) is 4.07. The lowest BCUT2D eigenvalue weighted by Gasteiger charge is -2.38. The molecule has 0 spiro atoms. The molecule has 0 aromatic carbocycles. The monoisotopic (exact) mass is 221 g/mol. The van der Waals surface area contributed by atoms with Gasteiger partial charge in [-0.25, -0.2) is 0 Å². The molecule has 0 radical (unpaired) electrons. The van der Waals surface area contributed by atoms with Crippen LogP contribution in [0.5, 0.6) is 0 Å². The van der Waals surface area contributed by atoms with Crippen LogP contribution in [0.1, 0.15) is 58.8 Å². The van der Waals surface area contributed by atoms with Gasteiger partial charge >= 0.3 is 0 Å². The lowest BCUT2D eigenvalue weighted by atomic mass is 9.80. The summed E-state index contributed by atoms with van der Waals surface area (Å²) in [6, 6.07) is 1.53. The molecule has 4 unspecified atom stereocenters. The Balaban J connectivity index is 1.86. The quantitative estimate of drug-likeness (QED) is 0.697. The van der Waals surface area contributed by atoms with Gasteiger partial charge in [-0.1, -0.05) is 38.8 Å². The Labute approximate surface area is 101 Å². The summed E-state index contributed by atoms with van der Waals surface area (Å²) in [5, 5.41) is 3.94. The van der Waals surface area contributed by atoms with Crippen LogP contribution >= 0.6 is 0 Å². The molecule has 0 bridgehead atoms. The number of hydrogen-bond donors (Lipinski definition) is 1. The Morgan fingerprint density at radius 1 is 1.00 bits per heavy atom. The topological polar surface area (TPSA) is 12.0 Å². The van der Waals surface area contributed by atoms with Crippen molar-refractivity contribution in [2.45, 2.75) is 70.9 Å². The zero-order chi connectivity index (χ0) is 11.5. The molecule has 4 atom stereocenters. The minimum atomic E-state index is 0.746. The predicted octanol–water partition coefficient (Wildman–Crippen LogP) is 3.90. The molecule has 2 aliphatic carbocycles. The third-order valence-corrected chi connectivity index (χ3v) is 4.65. The first-order valence-electron chi connectivity index (χ1n) is 7.09. The van der Waals surface area contributed by atoms with E-state index >= 15 is 0 Å². The first-order chi connectivity index (χ1) is 7.66. The van der Waals surface area contributed by atoms with E-state index in [0.29, 0.717) is 0 Å². The SMILES string of the molecule is C=C1CCC(NC2CCCCC2C)C(C)C1. The smallest absolute Gasteiger partial charge is 0.0101 e. The van der Waals surface area contributed by atoms with Gasteiger partial charge in [-0.05, 0) is 43.9 Å². The molecule has 1 heteroatoms. The summed E-state index contributed by atoms with van der Waals surface area (Å²) in [4.78, 5) is 0. The highest BCUT2D eigenvalue weighted by atomic mass is 15.0. The second-order valence-electron chi connectivity index (χ2n) is 6.11. The van der Waals surface area contributed by atoms with Gasteiger partial charge in [-0.3, -0.25) is 0 Å². The van der Waals surface area contributed by atoms with Crippen molar-refractivity contribution in [3.63, 3.8) is 0 Å². The van der Waals surface area contributed by atoms with Crippen molar-refractivity contribution in [2.24, 2.45) is 11.8 Å². The first-order valence-corrected chi connectivity index (χ1v) is 7.09. The van der Waals surface area contributed by atoms with Crippen LogP contribution in [0.2, 0.25) is 0 Å². The average molecular weight is 221 g/mol. The van der Waals surface area contributed by atoms with Crippen LogP contribution in [0.3, 0.4) is 0 Å². The predicted molar refractivity (Wildman–Crippen MR) is 70.5 cm³/mol. The Bertz CT molecular complexity index is 246. The van der Waals surface area contributed by atoms with Gasteiger partial charge in [0.15, 0.2) is 0 Å². The van der Waals surface area contributed by atoms with Crippen molar-refractivity contribution < 1.29 is 0 Å². The van der Waals surface area contributed by atoms with Crippen molar-refractivity contribution >= 4 is 0 Å². The van der Waals surface area contributed by atoms with Gasteiger partial charge in [0.1, 0.15) is 0 Å². The van der Waals surface area contributed by atoms with E-state index < -0.39 is 0 Å². The van der Waals surface area contributed by atoms with E-state index in [0.717, 1.165) is 23.9 Å². The maximum Gasteiger partial charge on any atom is 0.0101 e. The molecular formula is C15H27N. The summed E-state index contributed by atoms with van der Waals surface area (Å²) in [5.41, 5.74) is 1.46. The van der Waals surface area contributed by atoms with Crippen LogP contribution < -0.4 is 5.32 Å². The standard InChI is InChI=1S/C15H27N/c1-11-8-9-15(13(3)10-11)16-14-7-5-4-6-12(14)2/h12-16H,1,4-10H2,2-3H3.